The molecule has 8 heteroatoms. The number of nitrogens with zero attached hydrogens (tertiary/aromatic N) is 5. The fourth-order valence-corrected chi connectivity index (χ4v) is 7.72. The minimum absolute atomic E-state index is 0. The van der Waals surface area contributed by atoms with Crippen molar-refractivity contribution in [1.29, 1.82) is 0 Å². The van der Waals surface area contributed by atoms with E-state index in [0.717, 1.165) is 50.5 Å². The summed E-state index contributed by atoms with van der Waals surface area (Å²) in [4.78, 5) is 14.3. The number of para-hydroxylation sites is 2. The van der Waals surface area contributed by atoms with Crippen molar-refractivity contribution in [2.45, 2.75) is 26.2 Å². The molecule has 6 nitrogen and oxygen atoms in total. The predicted molar refractivity (Wildman–Crippen MR) is 207 cm³/mol. The molecule has 0 saturated carbocycles. The van der Waals surface area contributed by atoms with Crippen LogP contribution in [-0.2, 0) is 26.5 Å². The fourth-order valence-electron chi connectivity index (χ4n) is 7.72. The summed E-state index contributed by atoms with van der Waals surface area (Å²) in [5.74, 6) is 2.90. The van der Waals surface area contributed by atoms with Crippen LogP contribution in [0.25, 0.3) is 38.8 Å². The van der Waals surface area contributed by atoms with Crippen molar-refractivity contribution in [3.8, 4) is 28.4 Å². The van der Waals surface area contributed by atoms with Crippen molar-refractivity contribution in [3.63, 3.8) is 0 Å². The molecule has 0 aliphatic carbocycles. The van der Waals surface area contributed by atoms with Crippen LogP contribution in [0.1, 0.15) is 26.3 Å². The molecule has 2 aliphatic rings. The van der Waals surface area contributed by atoms with Crippen LogP contribution in [0.3, 0.4) is 0 Å². The molecule has 0 unspecified atom stereocenters. The van der Waals surface area contributed by atoms with Gasteiger partial charge in [-0.15, -0.1) is 35.7 Å². The monoisotopic (exact) mass is 852 g/mol. The molecule has 8 aromatic rings. The molecule has 5 heterocycles. The van der Waals surface area contributed by atoms with Gasteiger partial charge < -0.3 is 18.9 Å². The van der Waals surface area contributed by atoms with E-state index in [4.69, 9.17) is 14.7 Å². The number of anilines is 4. The second-order valence-electron chi connectivity index (χ2n) is 14.2. The molecule has 0 N–H and O–H groups in total. The van der Waals surface area contributed by atoms with Crippen LogP contribution >= 0.6 is 0 Å². The Morgan fingerprint density at radius 1 is 0.615 bits per heavy atom. The standard InChI is InChI=1S/C44H32BN5O.Pt/c1-44(2,3)29-23-25-47-43(26-29)48-37-16-8-5-14-34(37)35-21-19-30(27-40(35)48)51-31-20-22-39-41(28-31)50(42-18-10-11-24-46-42)45-36-15-7-4-12-32(36)33-13-6-9-17-38(33)49(39)45;/h4-26H,1-3H3;/q-2;+2. The van der Waals surface area contributed by atoms with Gasteiger partial charge in [-0.1, -0.05) is 104 Å². The van der Waals surface area contributed by atoms with Gasteiger partial charge >= 0.3 is 28.0 Å². The van der Waals surface area contributed by atoms with E-state index < -0.39 is 0 Å². The van der Waals surface area contributed by atoms with Gasteiger partial charge in [0.1, 0.15) is 11.6 Å². The zero-order valence-electron chi connectivity index (χ0n) is 28.8. The average Bonchev–Trinajstić information content (AvgIpc) is 3.68. The van der Waals surface area contributed by atoms with Crippen LogP contribution in [0.4, 0.5) is 22.9 Å². The maximum absolute atomic E-state index is 6.64. The molecule has 0 atom stereocenters. The Morgan fingerprint density at radius 3 is 2.19 bits per heavy atom. The quantitative estimate of drug-likeness (QED) is 0.130. The molecule has 5 aromatic carbocycles. The number of benzene rings is 5. The molecule has 10 rings (SSSR count). The van der Waals surface area contributed by atoms with Gasteiger partial charge in [0.2, 0.25) is 0 Å². The Hall–Kier alpha value is -5.65. The first-order valence-corrected chi connectivity index (χ1v) is 17.3. The summed E-state index contributed by atoms with van der Waals surface area (Å²) in [7, 11) is 0. The largest absolute Gasteiger partial charge is 2.00 e. The number of pyridine rings is 2. The average molecular weight is 853 g/mol. The minimum atomic E-state index is -0.137. The van der Waals surface area contributed by atoms with E-state index in [1.165, 1.54) is 22.2 Å². The van der Waals surface area contributed by atoms with Crippen LogP contribution in [0.5, 0.6) is 11.5 Å². The van der Waals surface area contributed by atoms with Crippen molar-refractivity contribution in [3.05, 3.63) is 157 Å². The van der Waals surface area contributed by atoms with E-state index in [0.29, 0.717) is 11.5 Å². The predicted octanol–water partition coefficient (Wildman–Crippen LogP) is 9.93. The molecule has 0 fully saturated rings. The summed E-state index contributed by atoms with van der Waals surface area (Å²) in [5.41, 5.74) is 9.94. The third-order valence-corrected chi connectivity index (χ3v) is 10.1. The van der Waals surface area contributed by atoms with Crippen LogP contribution in [-0.4, -0.2) is 21.5 Å². The van der Waals surface area contributed by atoms with E-state index in [1.807, 2.05) is 36.7 Å². The summed E-state index contributed by atoms with van der Waals surface area (Å²) in [5, 5.41) is 2.24. The summed E-state index contributed by atoms with van der Waals surface area (Å²) in [6.07, 6.45) is 3.74. The van der Waals surface area contributed by atoms with Crippen molar-refractivity contribution < 1.29 is 25.8 Å². The molecule has 252 valence electrons. The van der Waals surface area contributed by atoms with Crippen molar-refractivity contribution >= 4 is 57.1 Å². The van der Waals surface area contributed by atoms with E-state index in [2.05, 4.69) is 150 Å². The Kier molecular flexibility index (Phi) is 7.60. The molecule has 0 saturated heterocycles. The zero-order valence-corrected chi connectivity index (χ0v) is 31.1. The fraction of sp³-hybridized carbons (Fsp3) is 0.0909. The first-order valence-electron chi connectivity index (χ1n) is 17.3. The number of rotatable bonds is 4. The maximum Gasteiger partial charge on any atom is 2.00 e. The van der Waals surface area contributed by atoms with Crippen LogP contribution in [0, 0.1) is 12.1 Å². The molecule has 52 heavy (non-hydrogen) atoms. The van der Waals surface area contributed by atoms with E-state index in [9.17, 15) is 0 Å². The maximum atomic E-state index is 6.64. The summed E-state index contributed by atoms with van der Waals surface area (Å²) >= 11 is 0. The van der Waals surface area contributed by atoms with Gasteiger partial charge in [-0.05, 0) is 63.8 Å². The second-order valence-corrected chi connectivity index (χ2v) is 14.2. The van der Waals surface area contributed by atoms with Gasteiger partial charge in [-0.2, -0.15) is 6.07 Å². The van der Waals surface area contributed by atoms with Gasteiger partial charge in [0.05, 0.1) is 0 Å². The zero-order chi connectivity index (χ0) is 34.3. The van der Waals surface area contributed by atoms with Crippen LogP contribution < -0.4 is 19.8 Å². The van der Waals surface area contributed by atoms with E-state index in [1.54, 1.807) is 0 Å². The van der Waals surface area contributed by atoms with Gasteiger partial charge in [0, 0.05) is 40.7 Å². The second kappa shape index (κ2) is 12.2. The minimum Gasteiger partial charge on any atom is -0.509 e. The van der Waals surface area contributed by atoms with E-state index >= 15 is 0 Å². The number of fused-ring (bicyclic) bond motifs is 11. The third kappa shape index (κ3) is 4.98. The van der Waals surface area contributed by atoms with Gasteiger partial charge in [0.15, 0.2) is 0 Å². The number of ether oxygens (including phenoxy) is 1. The molecular weight excluding hydrogens is 820 g/mol. The summed E-state index contributed by atoms with van der Waals surface area (Å²) < 4.78 is 8.83. The van der Waals surface area contributed by atoms with Crippen LogP contribution in [0.15, 0.2) is 140 Å². The first kappa shape index (κ1) is 32.3. The van der Waals surface area contributed by atoms with Crippen molar-refractivity contribution in [2.75, 3.05) is 9.62 Å². The summed E-state index contributed by atoms with van der Waals surface area (Å²) in [6, 6.07) is 51.6. The Labute approximate surface area is 317 Å². The Bertz CT molecular complexity index is 2650. The van der Waals surface area contributed by atoms with E-state index in [-0.39, 0.29) is 33.5 Å². The van der Waals surface area contributed by atoms with Gasteiger partial charge in [-0.25, -0.2) is 9.97 Å². The Balaban J connectivity index is 0.00000360. The van der Waals surface area contributed by atoms with Gasteiger partial charge in [0.25, 0.3) is 0 Å². The van der Waals surface area contributed by atoms with Crippen molar-refractivity contribution in [1.82, 2.24) is 14.5 Å². The molecule has 2 aliphatic heterocycles. The molecule has 3 aromatic heterocycles. The summed E-state index contributed by atoms with van der Waals surface area (Å²) in [6.45, 7) is 6.53. The first-order chi connectivity index (χ1) is 24.9. The number of aromatic nitrogens is 3. The SMILES string of the molecule is CC(C)(C)c1ccnc(-n2c3[c-]c(Oc4[c-]c5c(cc4)N4B(c6ccccc6-c6ccccc64)N5c4ccccn4)ccc3c3ccccc32)c1.[Pt+2]. The molecule has 0 radical (unpaired) electrons. The molecule has 0 amide bonds. The smallest absolute Gasteiger partial charge is 0.509 e. The number of hydrogen-bond donors (Lipinski definition) is 0. The normalized spacial score (nSPS) is 13.0. The topological polar surface area (TPSA) is 46.4 Å². The van der Waals surface area contributed by atoms with Crippen molar-refractivity contribution in [2.24, 2.45) is 0 Å². The molecular formula is C44H32BN5OPt. The van der Waals surface area contributed by atoms with Crippen LogP contribution in [0.2, 0.25) is 0 Å². The molecule has 0 bridgehead atoms. The molecule has 0 spiro atoms. The Morgan fingerprint density at radius 2 is 1.35 bits per heavy atom. The third-order valence-electron chi connectivity index (χ3n) is 10.1. The van der Waals surface area contributed by atoms with Gasteiger partial charge in [-0.3, -0.25) is 0 Å². The number of hydrogen-bond acceptors (Lipinski definition) is 5.